The Balaban J connectivity index is 2.30. The van der Waals surface area contributed by atoms with Crippen molar-refractivity contribution in [1.82, 2.24) is 9.97 Å². The van der Waals surface area contributed by atoms with E-state index in [-0.39, 0.29) is 5.95 Å². The van der Waals surface area contributed by atoms with Crippen molar-refractivity contribution in [1.29, 1.82) is 0 Å². The third-order valence-electron chi connectivity index (χ3n) is 2.45. The molecule has 0 aliphatic rings. The zero-order valence-electron chi connectivity index (χ0n) is 10.6. The zero-order chi connectivity index (χ0) is 13.1. The van der Waals surface area contributed by atoms with E-state index in [0.717, 1.165) is 11.3 Å². The van der Waals surface area contributed by atoms with Gasteiger partial charge in [0.2, 0.25) is 17.7 Å². The fourth-order valence-corrected chi connectivity index (χ4v) is 1.60. The van der Waals surface area contributed by atoms with Crippen LogP contribution >= 0.6 is 0 Å². The Hall–Kier alpha value is -2.30. The van der Waals surface area contributed by atoms with Crippen LogP contribution in [-0.4, -0.2) is 17.1 Å². The second-order valence-electron chi connectivity index (χ2n) is 3.98. The van der Waals surface area contributed by atoms with E-state index in [1.807, 2.05) is 32.0 Å². The molecule has 0 spiro atoms. The highest BCUT2D eigenvalue weighted by Gasteiger charge is 2.06. The van der Waals surface area contributed by atoms with E-state index in [1.165, 1.54) is 12.7 Å². The van der Waals surface area contributed by atoms with Crippen molar-refractivity contribution in [3.8, 4) is 17.5 Å². The number of aromatic nitrogens is 2. The number of nitrogens with zero attached hydrogens (tertiary/aromatic N) is 2. The van der Waals surface area contributed by atoms with Gasteiger partial charge in [-0.2, -0.15) is 9.97 Å². The summed E-state index contributed by atoms with van der Waals surface area (Å²) in [5, 5.41) is 0. The van der Waals surface area contributed by atoms with Crippen LogP contribution in [0.5, 0.6) is 17.5 Å². The van der Waals surface area contributed by atoms with Crippen molar-refractivity contribution in [2.24, 2.45) is 0 Å². The molecule has 94 valence electrons. The molecule has 0 radical (unpaired) electrons. The van der Waals surface area contributed by atoms with Gasteiger partial charge >= 0.3 is 0 Å². The molecule has 0 saturated heterocycles. The molecule has 0 amide bonds. The summed E-state index contributed by atoms with van der Waals surface area (Å²) < 4.78 is 10.7. The molecule has 1 heterocycles. The normalized spacial score (nSPS) is 10.2. The van der Waals surface area contributed by atoms with Crippen molar-refractivity contribution in [3.63, 3.8) is 0 Å². The highest BCUT2D eigenvalue weighted by molar-refractivity contribution is 5.39. The summed E-state index contributed by atoms with van der Waals surface area (Å²) in [5.74, 6) is 1.60. The number of nitrogen functional groups attached to an aromatic ring is 1. The molecule has 0 fully saturated rings. The van der Waals surface area contributed by atoms with Gasteiger partial charge in [0.25, 0.3) is 0 Å². The average molecular weight is 245 g/mol. The molecular weight excluding hydrogens is 230 g/mol. The van der Waals surface area contributed by atoms with Crippen molar-refractivity contribution in [3.05, 3.63) is 35.4 Å². The number of nitrogens with two attached hydrogens (primary N) is 1. The van der Waals surface area contributed by atoms with E-state index >= 15 is 0 Å². The van der Waals surface area contributed by atoms with Gasteiger partial charge in [-0.3, -0.25) is 0 Å². The van der Waals surface area contributed by atoms with Crippen LogP contribution in [0.25, 0.3) is 0 Å². The Kier molecular flexibility index (Phi) is 3.32. The standard InChI is InChI=1S/C13H15N3O2/c1-8-4-5-10(9(2)6-8)18-12-7-11(17-3)15-13(14)16-12/h4-7H,1-3H3,(H2,14,15,16). The molecule has 0 atom stereocenters. The van der Waals surface area contributed by atoms with Crippen LogP contribution in [0.1, 0.15) is 11.1 Å². The molecule has 2 aromatic rings. The van der Waals surface area contributed by atoms with Gasteiger partial charge < -0.3 is 15.2 Å². The summed E-state index contributed by atoms with van der Waals surface area (Å²) in [6.45, 7) is 4.01. The largest absolute Gasteiger partial charge is 0.481 e. The number of benzene rings is 1. The highest BCUT2D eigenvalue weighted by atomic mass is 16.5. The summed E-state index contributed by atoms with van der Waals surface area (Å²) in [6.07, 6.45) is 0. The molecular formula is C13H15N3O2. The second kappa shape index (κ2) is 4.91. The number of anilines is 1. The lowest BCUT2D eigenvalue weighted by Crippen LogP contribution is -2.00. The van der Waals surface area contributed by atoms with Crippen LogP contribution in [0.4, 0.5) is 5.95 Å². The van der Waals surface area contributed by atoms with E-state index in [4.69, 9.17) is 15.2 Å². The molecule has 0 aliphatic carbocycles. The minimum Gasteiger partial charge on any atom is -0.481 e. The van der Waals surface area contributed by atoms with E-state index in [0.29, 0.717) is 11.8 Å². The monoisotopic (exact) mass is 245 g/mol. The molecule has 18 heavy (non-hydrogen) atoms. The van der Waals surface area contributed by atoms with Crippen LogP contribution in [0.3, 0.4) is 0 Å². The van der Waals surface area contributed by atoms with Gasteiger partial charge in [-0.25, -0.2) is 0 Å². The van der Waals surface area contributed by atoms with Crippen molar-refractivity contribution >= 4 is 5.95 Å². The number of aryl methyl sites for hydroxylation is 2. The van der Waals surface area contributed by atoms with Crippen molar-refractivity contribution in [2.75, 3.05) is 12.8 Å². The highest BCUT2D eigenvalue weighted by Crippen LogP contribution is 2.26. The summed E-state index contributed by atoms with van der Waals surface area (Å²) in [4.78, 5) is 7.90. The van der Waals surface area contributed by atoms with E-state index in [1.54, 1.807) is 6.07 Å². The summed E-state index contributed by atoms with van der Waals surface area (Å²) in [6, 6.07) is 7.51. The van der Waals surface area contributed by atoms with Gasteiger partial charge in [0.15, 0.2) is 0 Å². The van der Waals surface area contributed by atoms with Crippen LogP contribution < -0.4 is 15.2 Å². The van der Waals surface area contributed by atoms with Gasteiger partial charge in [0.05, 0.1) is 13.2 Å². The third-order valence-corrected chi connectivity index (χ3v) is 2.45. The maximum atomic E-state index is 5.68. The van der Waals surface area contributed by atoms with Gasteiger partial charge in [0, 0.05) is 0 Å². The third kappa shape index (κ3) is 2.68. The Bertz CT molecular complexity index is 570. The predicted octanol–water partition coefficient (Wildman–Crippen LogP) is 2.48. The molecule has 1 aromatic heterocycles. The lowest BCUT2D eigenvalue weighted by Gasteiger charge is -2.09. The first-order valence-electron chi connectivity index (χ1n) is 5.52. The number of rotatable bonds is 3. The predicted molar refractivity (Wildman–Crippen MR) is 69.0 cm³/mol. The maximum absolute atomic E-state index is 5.68. The van der Waals surface area contributed by atoms with Crippen LogP contribution in [-0.2, 0) is 0 Å². The SMILES string of the molecule is COc1cc(Oc2ccc(C)cc2C)nc(N)n1. The lowest BCUT2D eigenvalue weighted by atomic mass is 10.1. The van der Waals surface area contributed by atoms with Gasteiger partial charge in [-0.1, -0.05) is 17.7 Å². The summed E-state index contributed by atoms with van der Waals surface area (Å²) in [7, 11) is 1.52. The molecule has 5 heteroatoms. The topological polar surface area (TPSA) is 70.3 Å². The van der Waals surface area contributed by atoms with Crippen molar-refractivity contribution < 1.29 is 9.47 Å². The molecule has 0 saturated carbocycles. The molecule has 2 N–H and O–H groups in total. The van der Waals surface area contributed by atoms with E-state index in [9.17, 15) is 0 Å². The molecule has 2 rings (SSSR count). The molecule has 0 bridgehead atoms. The quantitative estimate of drug-likeness (QED) is 0.899. The first-order valence-corrected chi connectivity index (χ1v) is 5.52. The minimum atomic E-state index is 0.120. The Labute approximate surface area is 106 Å². The second-order valence-corrected chi connectivity index (χ2v) is 3.98. The smallest absolute Gasteiger partial charge is 0.227 e. The molecule has 5 nitrogen and oxygen atoms in total. The van der Waals surface area contributed by atoms with Crippen molar-refractivity contribution in [2.45, 2.75) is 13.8 Å². The molecule has 0 unspecified atom stereocenters. The Morgan fingerprint density at radius 3 is 2.44 bits per heavy atom. The number of hydrogen-bond donors (Lipinski definition) is 1. The summed E-state index contributed by atoms with van der Waals surface area (Å²) >= 11 is 0. The fourth-order valence-electron chi connectivity index (χ4n) is 1.60. The minimum absolute atomic E-state index is 0.120. The first kappa shape index (κ1) is 12.2. The van der Waals surface area contributed by atoms with Gasteiger partial charge in [0.1, 0.15) is 5.75 Å². The summed E-state index contributed by atoms with van der Waals surface area (Å²) in [5.41, 5.74) is 7.78. The van der Waals surface area contributed by atoms with E-state index in [2.05, 4.69) is 9.97 Å². The van der Waals surface area contributed by atoms with Gasteiger partial charge in [-0.05, 0) is 25.5 Å². The molecule has 1 aromatic carbocycles. The fraction of sp³-hybridized carbons (Fsp3) is 0.231. The first-order chi connectivity index (χ1) is 8.58. The number of ether oxygens (including phenoxy) is 2. The average Bonchev–Trinajstić information content (AvgIpc) is 2.32. The Morgan fingerprint density at radius 1 is 1.06 bits per heavy atom. The molecule has 0 aliphatic heterocycles. The number of methoxy groups -OCH3 is 1. The van der Waals surface area contributed by atoms with E-state index < -0.39 is 0 Å². The zero-order valence-corrected chi connectivity index (χ0v) is 10.6. The van der Waals surface area contributed by atoms with Gasteiger partial charge in [-0.15, -0.1) is 0 Å². The van der Waals surface area contributed by atoms with Crippen LogP contribution in [0.2, 0.25) is 0 Å². The van der Waals surface area contributed by atoms with Crippen LogP contribution in [0, 0.1) is 13.8 Å². The van der Waals surface area contributed by atoms with Crippen LogP contribution in [0.15, 0.2) is 24.3 Å². The number of hydrogen-bond acceptors (Lipinski definition) is 5. The lowest BCUT2D eigenvalue weighted by molar-refractivity contribution is 0.389. The maximum Gasteiger partial charge on any atom is 0.227 e. The Morgan fingerprint density at radius 2 is 1.78 bits per heavy atom.